The van der Waals surface area contributed by atoms with Gasteiger partial charge in [0.15, 0.2) is 0 Å². The third-order valence-electron chi connectivity index (χ3n) is 6.30. The SMILES string of the molecule is COC(=O)CC(NC(=O)C(CC(C)C)n1ccc(C)cc1=O)c1cnc(C)c(-c2ccccc2C)c1. The zero-order valence-corrected chi connectivity index (χ0v) is 21.9. The average molecular weight is 490 g/mol. The number of esters is 1. The zero-order chi connectivity index (χ0) is 26.4. The second kappa shape index (κ2) is 11.8. The summed E-state index contributed by atoms with van der Waals surface area (Å²) in [6.45, 7) is 9.81. The number of rotatable bonds is 9. The molecule has 1 N–H and O–H groups in total. The molecule has 0 radical (unpaired) electrons. The first kappa shape index (κ1) is 26.9. The quantitative estimate of drug-likeness (QED) is 0.434. The standard InChI is InChI=1S/C29H35N3O4/c1-18(2)13-26(32-12-11-19(3)14-27(32)33)29(35)31-25(16-28(34)36-6)22-15-24(21(5)30-17-22)23-10-8-7-9-20(23)4/h7-12,14-15,17-18,25-26H,13,16H2,1-6H3,(H,31,35). The van der Waals surface area contributed by atoms with Gasteiger partial charge in [0.2, 0.25) is 5.91 Å². The van der Waals surface area contributed by atoms with E-state index < -0.39 is 18.1 Å². The zero-order valence-electron chi connectivity index (χ0n) is 21.9. The Morgan fingerprint density at radius 3 is 2.42 bits per heavy atom. The van der Waals surface area contributed by atoms with Crippen molar-refractivity contribution in [2.24, 2.45) is 5.92 Å². The van der Waals surface area contributed by atoms with Crippen LogP contribution >= 0.6 is 0 Å². The van der Waals surface area contributed by atoms with Crippen LogP contribution < -0.4 is 10.9 Å². The van der Waals surface area contributed by atoms with Gasteiger partial charge in [0.05, 0.1) is 19.6 Å². The summed E-state index contributed by atoms with van der Waals surface area (Å²) >= 11 is 0. The Balaban J connectivity index is 2.01. The normalized spacial score (nSPS) is 12.8. The minimum atomic E-state index is -0.715. The van der Waals surface area contributed by atoms with E-state index in [2.05, 4.69) is 10.3 Å². The van der Waals surface area contributed by atoms with E-state index in [1.54, 1.807) is 12.4 Å². The highest BCUT2D eigenvalue weighted by Gasteiger charge is 2.27. The Morgan fingerprint density at radius 1 is 1.06 bits per heavy atom. The fourth-order valence-electron chi connectivity index (χ4n) is 4.30. The van der Waals surface area contributed by atoms with Crippen molar-refractivity contribution >= 4 is 11.9 Å². The van der Waals surface area contributed by atoms with Gasteiger partial charge in [0, 0.05) is 29.7 Å². The fraction of sp³-hybridized carbons (Fsp3) is 0.379. The molecule has 7 heteroatoms. The Labute approximate surface area is 212 Å². The van der Waals surface area contributed by atoms with Crippen LogP contribution in [-0.2, 0) is 14.3 Å². The van der Waals surface area contributed by atoms with Gasteiger partial charge in [-0.1, -0.05) is 38.1 Å². The number of nitrogens with zero attached hydrogens (tertiary/aromatic N) is 2. The molecule has 36 heavy (non-hydrogen) atoms. The number of amides is 1. The number of hydrogen-bond donors (Lipinski definition) is 1. The van der Waals surface area contributed by atoms with E-state index in [0.29, 0.717) is 12.0 Å². The molecule has 3 aromatic rings. The molecule has 0 aliphatic heterocycles. The molecule has 0 aliphatic carbocycles. The summed E-state index contributed by atoms with van der Waals surface area (Å²) in [6, 6.07) is 11.9. The molecule has 0 saturated heterocycles. The van der Waals surface area contributed by atoms with Crippen LogP contribution in [0.2, 0.25) is 0 Å². The molecule has 2 aromatic heterocycles. The molecular weight excluding hydrogens is 454 g/mol. The Kier molecular flexibility index (Phi) is 8.80. The lowest BCUT2D eigenvalue weighted by atomic mass is 9.95. The average Bonchev–Trinajstić information content (AvgIpc) is 2.83. The van der Waals surface area contributed by atoms with Crippen molar-refractivity contribution in [1.29, 1.82) is 0 Å². The summed E-state index contributed by atoms with van der Waals surface area (Å²) in [5.74, 6) is -0.616. The van der Waals surface area contributed by atoms with Crippen LogP contribution in [0.4, 0.5) is 0 Å². The highest BCUT2D eigenvalue weighted by atomic mass is 16.5. The lowest BCUT2D eigenvalue weighted by molar-refractivity contribution is -0.141. The van der Waals surface area contributed by atoms with Gasteiger partial charge in [0.1, 0.15) is 6.04 Å². The number of pyridine rings is 2. The fourth-order valence-corrected chi connectivity index (χ4v) is 4.30. The maximum atomic E-state index is 13.6. The molecule has 2 heterocycles. The van der Waals surface area contributed by atoms with Crippen molar-refractivity contribution in [3.63, 3.8) is 0 Å². The number of ether oxygens (including phenoxy) is 1. The third-order valence-corrected chi connectivity index (χ3v) is 6.30. The summed E-state index contributed by atoms with van der Waals surface area (Å²) in [5, 5.41) is 3.02. The molecule has 0 bridgehead atoms. The highest BCUT2D eigenvalue weighted by molar-refractivity contribution is 5.82. The summed E-state index contributed by atoms with van der Waals surface area (Å²) in [4.78, 5) is 43.2. The lowest BCUT2D eigenvalue weighted by Crippen LogP contribution is -2.40. The summed E-state index contributed by atoms with van der Waals surface area (Å²) in [7, 11) is 1.32. The summed E-state index contributed by atoms with van der Waals surface area (Å²) in [6.07, 6.45) is 3.75. The molecule has 7 nitrogen and oxygen atoms in total. The van der Waals surface area contributed by atoms with E-state index in [0.717, 1.165) is 27.9 Å². The van der Waals surface area contributed by atoms with Gasteiger partial charge in [-0.25, -0.2) is 0 Å². The number of carbonyl (C=O) groups is 2. The first-order valence-electron chi connectivity index (χ1n) is 12.2. The summed E-state index contributed by atoms with van der Waals surface area (Å²) in [5.41, 5.74) is 5.21. The van der Waals surface area contributed by atoms with Gasteiger partial charge in [-0.05, 0) is 67.5 Å². The number of carbonyl (C=O) groups excluding carboxylic acids is 2. The van der Waals surface area contributed by atoms with Gasteiger partial charge in [-0.15, -0.1) is 0 Å². The number of benzene rings is 1. The first-order chi connectivity index (χ1) is 17.1. The van der Waals surface area contributed by atoms with Crippen molar-refractivity contribution in [2.75, 3.05) is 7.11 Å². The summed E-state index contributed by atoms with van der Waals surface area (Å²) < 4.78 is 6.38. The highest BCUT2D eigenvalue weighted by Crippen LogP contribution is 2.29. The van der Waals surface area contributed by atoms with Crippen LogP contribution in [-0.4, -0.2) is 28.5 Å². The topological polar surface area (TPSA) is 90.3 Å². The molecule has 0 saturated carbocycles. The largest absolute Gasteiger partial charge is 0.469 e. The van der Waals surface area contributed by atoms with Crippen LogP contribution in [0.15, 0.2) is 59.7 Å². The third kappa shape index (κ3) is 6.47. The second-order valence-electron chi connectivity index (χ2n) is 9.65. The molecule has 2 unspecified atom stereocenters. The maximum absolute atomic E-state index is 13.6. The molecule has 1 amide bonds. The number of methoxy groups -OCH3 is 1. The minimum Gasteiger partial charge on any atom is -0.469 e. The van der Waals surface area contributed by atoms with E-state index in [-0.39, 0.29) is 23.8 Å². The molecule has 2 atom stereocenters. The van der Waals surface area contributed by atoms with Crippen molar-refractivity contribution in [2.45, 2.75) is 59.5 Å². The molecule has 0 fully saturated rings. The molecule has 3 rings (SSSR count). The van der Waals surface area contributed by atoms with E-state index in [9.17, 15) is 14.4 Å². The number of aromatic nitrogens is 2. The molecule has 1 aromatic carbocycles. The Bertz CT molecular complexity index is 1300. The molecule has 0 aliphatic rings. The van der Waals surface area contributed by atoms with Crippen LogP contribution in [0.25, 0.3) is 11.1 Å². The van der Waals surface area contributed by atoms with Crippen LogP contribution in [0.5, 0.6) is 0 Å². The molecular formula is C29H35N3O4. The maximum Gasteiger partial charge on any atom is 0.307 e. The molecule has 190 valence electrons. The van der Waals surface area contributed by atoms with Gasteiger partial charge in [-0.3, -0.25) is 19.4 Å². The van der Waals surface area contributed by atoms with Gasteiger partial charge >= 0.3 is 5.97 Å². The predicted octanol–water partition coefficient (Wildman–Crippen LogP) is 4.84. The monoisotopic (exact) mass is 489 g/mol. The number of aryl methyl sites for hydroxylation is 3. The number of hydrogen-bond acceptors (Lipinski definition) is 5. The van der Waals surface area contributed by atoms with Gasteiger partial charge < -0.3 is 14.6 Å². The minimum absolute atomic E-state index is 0.0581. The van der Waals surface area contributed by atoms with Gasteiger partial charge in [-0.2, -0.15) is 0 Å². The first-order valence-corrected chi connectivity index (χ1v) is 12.2. The van der Waals surface area contributed by atoms with Crippen LogP contribution in [0, 0.1) is 26.7 Å². The number of nitrogens with one attached hydrogen (secondary N) is 1. The van der Waals surface area contributed by atoms with E-state index in [4.69, 9.17) is 4.74 Å². The van der Waals surface area contributed by atoms with E-state index >= 15 is 0 Å². The van der Waals surface area contributed by atoms with E-state index in [1.807, 2.05) is 71.0 Å². The second-order valence-corrected chi connectivity index (χ2v) is 9.65. The van der Waals surface area contributed by atoms with Crippen molar-refractivity contribution in [1.82, 2.24) is 14.9 Å². The van der Waals surface area contributed by atoms with Crippen molar-refractivity contribution in [3.05, 3.63) is 87.6 Å². The predicted molar refractivity (Wildman–Crippen MR) is 141 cm³/mol. The Hall–Kier alpha value is -3.74. The smallest absolute Gasteiger partial charge is 0.307 e. The van der Waals surface area contributed by atoms with Gasteiger partial charge in [0.25, 0.3) is 5.56 Å². The lowest BCUT2D eigenvalue weighted by Gasteiger charge is -2.25. The van der Waals surface area contributed by atoms with Crippen molar-refractivity contribution in [3.8, 4) is 11.1 Å². The molecule has 0 spiro atoms. The van der Waals surface area contributed by atoms with E-state index in [1.165, 1.54) is 17.7 Å². The van der Waals surface area contributed by atoms with Crippen molar-refractivity contribution < 1.29 is 14.3 Å². The Morgan fingerprint density at radius 2 is 1.78 bits per heavy atom. The van der Waals surface area contributed by atoms with Crippen LogP contribution in [0.3, 0.4) is 0 Å². The van der Waals surface area contributed by atoms with Crippen LogP contribution in [0.1, 0.15) is 61.2 Å².